The van der Waals surface area contributed by atoms with Gasteiger partial charge < -0.3 is 4.90 Å². The second kappa shape index (κ2) is 6.70. The van der Waals surface area contributed by atoms with Gasteiger partial charge in [-0.25, -0.2) is 13.4 Å². The Morgan fingerprint density at radius 1 is 1.40 bits per heavy atom. The van der Waals surface area contributed by atoms with Crippen molar-refractivity contribution in [1.29, 1.82) is 0 Å². The number of anilines is 1. The molecule has 0 fully saturated rings. The minimum Gasteiger partial charge on any atom is -0.374 e. The molecular formula is C18H25N3O2S2. The van der Waals surface area contributed by atoms with Gasteiger partial charge in [-0.15, -0.1) is 11.3 Å². The number of aromatic nitrogens is 1. The molecule has 1 aromatic heterocycles. The highest BCUT2D eigenvalue weighted by Gasteiger charge is 2.34. The number of thiazole rings is 1. The monoisotopic (exact) mass is 379 g/mol. The molecular weight excluding hydrogens is 354 g/mol. The lowest BCUT2D eigenvalue weighted by Gasteiger charge is -2.29. The van der Waals surface area contributed by atoms with Gasteiger partial charge >= 0.3 is 0 Å². The van der Waals surface area contributed by atoms with Gasteiger partial charge in [0, 0.05) is 30.4 Å². The fourth-order valence-corrected chi connectivity index (χ4v) is 5.65. The lowest BCUT2D eigenvalue weighted by atomic mass is 10.0. The highest BCUT2D eigenvalue weighted by molar-refractivity contribution is 7.89. The Balaban J connectivity index is 1.95. The summed E-state index contributed by atoms with van der Waals surface area (Å²) < 4.78 is 28.9. The van der Waals surface area contributed by atoms with Crippen LogP contribution in [0.4, 0.5) is 5.69 Å². The van der Waals surface area contributed by atoms with E-state index in [4.69, 9.17) is 0 Å². The molecule has 5 nitrogen and oxygen atoms in total. The number of fused-ring (bicyclic) bond motifs is 1. The van der Waals surface area contributed by atoms with E-state index >= 15 is 0 Å². The van der Waals surface area contributed by atoms with Gasteiger partial charge in [-0.05, 0) is 50.8 Å². The number of sulfonamides is 1. The van der Waals surface area contributed by atoms with Crippen LogP contribution in [0.3, 0.4) is 0 Å². The van der Waals surface area contributed by atoms with E-state index in [2.05, 4.69) is 14.6 Å². The summed E-state index contributed by atoms with van der Waals surface area (Å²) in [6.07, 6.45) is 2.73. The van der Waals surface area contributed by atoms with Crippen molar-refractivity contribution in [2.24, 2.45) is 0 Å². The van der Waals surface area contributed by atoms with Crippen molar-refractivity contribution < 1.29 is 8.42 Å². The van der Waals surface area contributed by atoms with Gasteiger partial charge in [0.15, 0.2) is 0 Å². The molecule has 1 N–H and O–H groups in total. The standard InChI is InChI=1S/C18H25N3O2S2/c1-5-18(3,17-19-13(2)12-24-17)20-25(22,23)15-9-8-14-7-6-10-21(4)16(14)11-15/h8-9,11-12,20H,5-7,10H2,1-4H3/t18-/m1/s1. The summed E-state index contributed by atoms with van der Waals surface area (Å²) in [6, 6.07) is 5.44. The Bertz CT molecular complexity index is 876. The maximum atomic E-state index is 13.0. The molecule has 1 aromatic carbocycles. The van der Waals surface area contributed by atoms with Crippen LogP contribution in [0.1, 0.15) is 43.0 Å². The van der Waals surface area contributed by atoms with E-state index in [1.54, 1.807) is 12.1 Å². The molecule has 2 heterocycles. The highest BCUT2D eigenvalue weighted by atomic mass is 32.2. The van der Waals surface area contributed by atoms with Crippen molar-refractivity contribution in [2.45, 2.75) is 50.5 Å². The first-order valence-electron chi connectivity index (χ1n) is 8.56. The zero-order chi connectivity index (χ0) is 18.2. The second-order valence-electron chi connectivity index (χ2n) is 6.90. The summed E-state index contributed by atoms with van der Waals surface area (Å²) in [7, 11) is -1.63. The normalized spacial score (nSPS) is 17.2. The number of rotatable bonds is 5. The maximum Gasteiger partial charge on any atom is 0.241 e. The largest absolute Gasteiger partial charge is 0.374 e. The quantitative estimate of drug-likeness (QED) is 0.864. The molecule has 0 saturated heterocycles. The molecule has 0 bridgehead atoms. The van der Waals surface area contributed by atoms with E-state index in [9.17, 15) is 8.42 Å². The molecule has 0 saturated carbocycles. The van der Waals surface area contributed by atoms with Crippen LogP contribution in [-0.2, 0) is 22.0 Å². The first-order chi connectivity index (χ1) is 11.7. The van der Waals surface area contributed by atoms with E-state index < -0.39 is 15.6 Å². The number of hydrogen-bond acceptors (Lipinski definition) is 5. The highest BCUT2D eigenvalue weighted by Crippen LogP contribution is 2.32. The summed E-state index contributed by atoms with van der Waals surface area (Å²) in [5.41, 5.74) is 2.42. The van der Waals surface area contributed by atoms with Gasteiger partial charge in [-0.1, -0.05) is 13.0 Å². The number of nitrogens with zero attached hydrogens (tertiary/aromatic N) is 2. The van der Waals surface area contributed by atoms with Crippen LogP contribution in [0.5, 0.6) is 0 Å². The number of nitrogens with one attached hydrogen (secondary N) is 1. The Morgan fingerprint density at radius 3 is 2.80 bits per heavy atom. The maximum absolute atomic E-state index is 13.0. The first-order valence-corrected chi connectivity index (χ1v) is 10.9. The van der Waals surface area contributed by atoms with Crippen LogP contribution >= 0.6 is 11.3 Å². The minimum atomic E-state index is -3.64. The lowest BCUT2D eigenvalue weighted by Crippen LogP contribution is -2.43. The molecule has 0 amide bonds. The van der Waals surface area contributed by atoms with Gasteiger partial charge in [-0.3, -0.25) is 0 Å². The molecule has 0 radical (unpaired) electrons. The van der Waals surface area contributed by atoms with Crippen LogP contribution in [0.25, 0.3) is 0 Å². The summed E-state index contributed by atoms with van der Waals surface area (Å²) in [5.74, 6) is 0. The molecule has 25 heavy (non-hydrogen) atoms. The topological polar surface area (TPSA) is 62.3 Å². The third-order valence-corrected chi connectivity index (χ3v) is 7.69. The number of benzene rings is 1. The fourth-order valence-electron chi connectivity index (χ4n) is 3.13. The van der Waals surface area contributed by atoms with E-state index in [0.29, 0.717) is 11.3 Å². The first kappa shape index (κ1) is 18.4. The van der Waals surface area contributed by atoms with E-state index in [0.717, 1.165) is 35.8 Å². The van der Waals surface area contributed by atoms with E-state index in [1.165, 1.54) is 16.9 Å². The smallest absolute Gasteiger partial charge is 0.241 e. The van der Waals surface area contributed by atoms with Gasteiger partial charge in [0.05, 0.1) is 10.4 Å². The van der Waals surface area contributed by atoms with E-state index in [1.807, 2.05) is 39.3 Å². The molecule has 1 atom stereocenters. The van der Waals surface area contributed by atoms with Gasteiger partial charge in [0.1, 0.15) is 5.01 Å². The summed E-state index contributed by atoms with van der Waals surface area (Å²) >= 11 is 1.49. The van der Waals surface area contributed by atoms with Crippen LogP contribution in [-0.4, -0.2) is 27.0 Å². The van der Waals surface area contributed by atoms with Crippen molar-refractivity contribution >= 4 is 27.0 Å². The van der Waals surface area contributed by atoms with Crippen LogP contribution in [0.15, 0.2) is 28.5 Å². The average molecular weight is 380 g/mol. The van der Waals surface area contributed by atoms with Crippen molar-refractivity contribution in [3.8, 4) is 0 Å². The molecule has 0 aliphatic carbocycles. The minimum absolute atomic E-state index is 0.313. The van der Waals surface area contributed by atoms with Gasteiger partial charge in [0.25, 0.3) is 0 Å². The molecule has 7 heteroatoms. The predicted octanol–water partition coefficient (Wildman–Crippen LogP) is 3.44. The van der Waals surface area contributed by atoms with Gasteiger partial charge in [-0.2, -0.15) is 4.72 Å². The van der Waals surface area contributed by atoms with Crippen molar-refractivity contribution in [1.82, 2.24) is 9.71 Å². The Labute approximate surface area is 154 Å². The molecule has 2 aromatic rings. The third-order valence-electron chi connectivity index (χ3n) is 4.88. The van der Waals surface area contributed by atoms with E-state index in [-0.39, 0.29) is 0 Å². The molecule has 1 aliphatic rings. The third kappa shape index (κ3) is 3.59. The Morgan fingerprint density at radius 2 is 2.16 bits per heavy atom. The van der Waals surface area contributed by atoms with Crippen molar-refractivity contribution in [3.05, 3.63) is 39.8 Å². The van der Waals surface area contributed by atoms with Crippen LogP contribution < -0.4 is 9.62 Å². The molecule has 1 aliphatic heterocycles. The lowest BCUT2D eigenvalue weighted by molar-refractivity contribution is 0.414. The average Bonchev–Trinajstić information content (AvgIpc) is 3.02. The molecule has 3 rings (SSSR count). The van der Waals surface area contributed by atoms with Crippen molar-refractivity contribution in [3.63, 3.8) is 0 Å². The summed E-state index contributed by atoms with van der Waals surface area (Å²) in [5, 5.41) is 2.75. The predicted molar refractivity (Wildman–Crippen MR) is 103 cm³/mol. The van der Waals surface area contributed by atoms with Gasteiger partial charge in [0.2, 0.25) is 10.0 Å². The Hall–Kier alpha value is -1.44. The molecule has 0 unspecified atom stereocenters. The SMILES string of the molecule is CC[C@@](C)(NS(=O)(=O)c1ccc2c(c1)N(C)CCC2)c1nc(C)cs1. The number of aryl methyl sites for hydroxylation is 2. The Kier molecular flexibility index (Phi) is 4.92. The zero-order valence-corrected chi connectivity index (χ0v) is 16.8. The second-order valence-corrected chi connectivity index (χ2v) is 9.44. The zero-order valence-electron chi connectivity index (χ0n) is 15.2. The molecule has 136 valence electrons. The number of hydrogen-bond donors (Lipinski definition) is 1. The summed E-state index contributed by atoms with van der Waals surface area (Å²) in [4.78, 5) is 6.94. The van der Waals surface area contributed by atoms with Crippen LogP contribution in [0, 0.1) is 6.92 Å². The summed E-state index contributed by atoms with van der Waals surface area (Å²) in [6.45, 7) is 6.74. The van der Waals surface area contributed by atoms with Crippen molar-refractivity contribution in [2.75, 3.05) is 18.5 Å². The van der Waals surface area contributed by atoms with Crippen LogP contribution in [0.2, 0.25) is 0 Å². The molecule has 0 spiro atoms. The fraction of sp³-hybridized carbons (Fsp3) is 0.500.